The molecule has 0 amide bonds. The van der Waals surface area contributed by atoms with E-state index in [-0.39, 0.29) is 0 Å². The summed E-state index contributed by atoms with van der Waals surface area (Å²) in [4.78, 5) is 10.9. The van der Waals surface area contributed by atoms with Crippen molar-refractivity contribution < 1.29 is 14.3 Å². The lowest BCUT2D eigenvalue weighted by Gasteiger charge is -1.98. The minimum absolute atomic E-state index is 0.393. The van der Waals surface area contributed by atoms with Crippen molar-refractivity contribution in [2.45, 2.75) is 26.7 Å². The molecule has 0 aliphatic carbocycles. The van der Waals surface area contributed by atoms with E-state index in [0.29, 0.717) is 12.2 Å². The number of rotatable bonds is 7. The van der Waals surface area contributed by atoms with Gasteiger partial charge in [0.15, 0.2) is 0 Å². The van der Waals surface area contributed by atoms with Crippen LogP contribution in [0, 0.1) is 0 Å². The summed E-state index contributed by atoms with van der Waals surface area (Å²) < 4.78 is 9.96. The molecule has 80 valence electrons. The van der Waals surface area contributed by atoms with Crippen molar-refractivity contribution in [1.82, 2.24) is 0 Å². The molecule has 0 atom stereocenters. The van der Waals surface area contributed by atoms with E-state index >= 15 is 0 Å². The highest BCUT2D eigenvalue weighted by atomic mass is 16.5. The summed E-state index contributed by atoms with van der Waals surface area (Å²) in [6, 6.07) is 0. The van der Waals surface area contributed by atoms with E-state index in [0.717, 1.165) is 19.4 Å². The Balaban J connectivity index is 3.36. The fourth-order valence-electron chi connectivity index (χ4n) is 0.676. The van der Waals surface area contributed by atoms with Gasteiger partial charge in [0.1, 0.15) is 0 Å². The molecule has 0 spiro atoms. The van der Waals surface area contributed by atoms with Gasteiger partial charge in [-0.05, 0) is 25.8 Å². The van der Waals surface area contributed by atoms with Crippen LogP contribution in [0.3, 0.4) is 0 Å². The summed E-state index contributed by atoms with van der Waals surface area (Å²) in [5, 5.41) is 0. The molecule has 0 bridgehead atoms. The Kier molecular flexibility index (Phi) is 7.84. The van der Waals surface area contributed by atoms with Crippen molar-refractivity contribution in [2.75, 3.05) is 13.2 Å². The number of carbonyl (C=O) groups is 1. The van der Waals surface area contributed by atoms with Crippen molar-refractivity contribution >= 4 is 5.97 Å². The Morgan fingerprint density at radius 2 is 2.14 bits per heavy atom. The molecule has 0 aromatic rings. The molecule has 0 aromatic heterocycles. The lowest BCUT2D eigenvalue weighted by atomic mass is 10.4. The fourth-order valence-corrected chi connectivity index (χ4v) is 0.676. The SMILES string of the molecule is C=C(C)C(=O)OC=CCCOCCC. The van der Waals surface area contributed by atoms with Crippen molar-refractivity contribution in [3.05, 3.63) is 24.5 Å². The largest absolute Gasteiger partial charge is 0.431 e. The van der Waals surface area contributed by atoms with Crippen LogP contribution in [0.5, 0.6) is 0 Å². The second kappa shape index (κ2) is 8.51. The van der Waals surface area contributed by atoms with Crippen LogP contribution in [0.15, 0.2) is 24.5 Å². The van der Waals surface area contributed by atoms with Crippen LogP contribution < -0.4 is 0 Å². The molecule has 3 nitrogen and oxygen atoms in total. The van der Waals surface area contributed by atoms with Gasteiger partial charge in [-0.15, -0.1) is 0 Å². The highest BCUT2D eigenvalue weighted by Crippen LogP contribution is 1.94. The van der Waals surface area contributed by atoms with Gasteiger partial charge in [-0.25, -0.2) is 4.79 Å². The smallest absolute Gasteiger partial charge is 0.337 e. The summed E-state index contributed by atoms with van der Waals surface area (Å²) in [6.07, 6.45) is 4.92. The molecule has 0 rings (SSSR count). The number of hydrogen-bond donors (Lipinski definition) is 0. The van der Waals surface area contributed by atoms with Crippen LogP contribution in [-0.4, -0.2) is 19.2 Å². The Labute approximate surface area is 85.4 Å². The third-order valence-corrected chi connectivity index (χ3v) is 1.40. The predicted molar refractivity (Wildman–Crippen MR) is 55.8 cm³/mol. The Morgan fingerprint density at radius 3 is 2.71 bits per heavy atom. The van der Waals surface area contributed by atoms with E-state index in [4.69, 9.17) is 9.47 Å². The van der Waals surface area contributed by atoms with Gasteiger partial charge in [-0.1, -0.05) is 13.5 Å². The third-order valence-electron chi connectivity index (χ3n) is 1.40. The van der Waals surface area contributed by atoms with Gasteiger partial charge in [-0.2, -0.15) is 0 Å². The van der Waals surface area contributed by atoms with Gasteiger partial charge >= 0.3 is 5.97 Å². The van der Waals surface area contributed by atoms with Crippen molar-refractivity contribution in [2.24, 2.45) is 0 Å². The molecule has 0 fully saturated rings. The molecule has 0 radical (unpaired) electrons. The average molecular weight is 198 g/mol. The van der Waals surface area contributed by atoms with Crippen molar-refractivity contribution in [3.63, 3.8) is 0 Å². The van der Waals surface area contributed by atoms with E-state index in [1.165, 1.54) is 6.26 Å². The second-order valence-electron chi connectivity index (χ2n) is 2.96. The number of esters is 1. The highest BCUT2D eigenvalue weighted by molar-refractivity contribution is 5.87. The van der Waals surface area contributed by atoms with E-state index in [1.807, 2.05) is 0 Å². The Hall–Kier alpha value is -1.09. The first-order valence-electron chi connectivity index (χ1n) is 4.77. The second-order valence-corrected chi connectivity index (χ2v) is 2.96. The maximum atomic E-state index is 10.9. The maximum absolute atomic E-state index is 10.9. The first-order valence-corrected chi connectivity index (χ1v) is 4.77. The van der Waals surface area contributed by atoms with E-state index in [9.17, 15) is 4.79 Å². The molecule has 0 saturated carbocycles. The number of ether oxygens (including phenoxy) is 2. The number of carbonyl (C=O) groups excluding carboxylic acids is 1. The van der Waals surface area contributed by atoms with Gasteiger partial charge in [0.05, 0.1) is 12.9 Å². The molecule has 0 heterocycles. The predicted octanol–water partition coefficient (Wildman–Crippen LogP) is 2.44. The van der Waals surface area contributed by atoms with Crippen molar-refractivity contribution in [3.8, 4) is 0 Å². The molecule has 0 aliphatic heterocycles. The zero-order chi connectivity index (χ0) is 10.8. The first kappa shape index (κ1) is 12.9. The molecular formula is C11H18O3. The highest BCUT2D eigenvalue weighted by Gasteiger charge is 1.98. The van der Waals surface area contributed by atoms with Gasteiger partial charge < -0.3 is 9.47 Å². The molecule has 0 unspecified atom stereocenters. The minimum atomic E-state index is -0.393. The van der Waals surface area contributed by atoms with Crippen LogP contribution in [0.2, 0.25) is 0 Å². The lowest BCUT2D eigenvalue weighted by Crippen LogP contribution is -1.99. The Morgan fingerprint density at radius 1 is 1.43 bits per heavy atom. The minimum Gasteiger partial charge on any atom is -0.431 e. The topological polar surface area (TPSA) is 35.5 Å². The van der Waals surface area contributed by atoms with Crippen LogP contribution >= 0.6 is 0 Å². The van der Waals surface area contributed by atoms with Crippen molar-refractivity contribution in [1.29, 1.82) is 0 Å². The molecule has 3 heteroatoms. The standard InChI is InChI=1S/C11H18O3/c1-4-7-13-8-5-6-9-14-11(12)10(2)3/h6,9H,2,4-5,7-8H2,1,3H3. The van der Waals surface area contributed by atoms with Gasteiger partial charge in [0, 0.05) is 12.2 Å². The maximum Gasteiger partial charge on any atom is 0.337 e. The molecule has 0 aromatic carbocycles. The monoisotopic (exact) mass is 198 g/mol. The lowest BCUT2D eigenvalue weighted by molar-refractivity contribution is -0.133. The molecule has 14 heavy (non-hydrogen) atoms. The number of hydrogen-bond acceptors (Lipinski definition) is 3. The van der Waals surface area contributed by atoms with Crippen LogP contribution in [0.1, 0.15) is 26.7 Å². The molecule has 0 N–H and O–H groups in total. The molecule has 0 saturated heterocycles. The van der Waals surface area contributed by atoms with Crippen LogP contribution in [0.25, 0.3) is 0 Å². The summed E-state index contributed by atoms with van der Waals surface area (Å²) >= 11 is 0. The molecule has 0 aliphatic rings. The summed E-state index contributed by atoms with van der Waals surface area (Å²) in [6.45, 7) is 8.57. The van der Waals surface area contributed by atoms with E-state index in [2.05, 4.69) is 13.5 Å². The summed E-state index contributed by atoms with van der Waals surface area (Å²) in [7, 11) is 0. The van der Waals surface area contributed by atoms with E-state index < -0.39 is 5.97 Å². The van der Waals surface area contributed by atoms with Crippen LogP contribution in [-0.2, 0) is 14.3 Å². The zero-order valence-corrected chi connectivity index (χ0v) is 8.91. The first-order chi connectivity index (χ1) is 6.68. The van der Waals surface area contributed by atoms with Gasteiger partial charge in [0.25, 0.3) is 0 Å². The van der Waals surface area contributed by atoms with Gasteiger partial charge in [-0.3, -0.25) is 0 Å². The van der Waals surface area contributed by atoms with Crippen LogP contribution in [0.4, 0.5) is 0 Å². The van der Waals surface area contributed by atoms with E-state index in [1.54, 1.807) is 13.0 Å². The fraction of sp³-hybridized carbons (Fsp3) is 0.545. The normalized spacial score (nSPS) is 10.4. The summed E-state index contributed by atoms with van der Waals surface area (Å²) in [5.74, 6) is -0.393. The third kappa shape index (κ3) is 7.55. The average Bonchev–Trinajstić information content (AvgIpc) is 2.16. The summed E-state index contributed by atoms with van der Waals surface area (Å²) in [5.41, 5.74) is 0.400. The molecular weight excluding hydrogens is 180 g/mol. The van der Waals surface area contributed by atoms with Gasteiger partial charge in [0.2, 0.25) is 0 Å². The Bertz CT molecular complexity index is 207. The quantitative estimate of drug-likeness (QED) is 0.273. The zero-order valence-electron chi connectivity index (χ0n) is 8.91.